The van der Waals surface area contributed by atoms with E-state index >= 15 is 0 Å². The molecule has 0 saturated heterocycles. The molecule has 100 valence electrons. The number of rotatable bonds is 2. The summed E-state index contributed by atoms with van der Waals surface area (Å²) in [6.45, 7) is 1.68. The van der Waals surface area contributed by atoms with E-state index in [1.165, 1.54) is 18.2 Å². The molecule has 20 heavy (non-hydrogen) atoms. The summed E-state index contributed by atoms with van der Waals surface area (Å²) in [6, 6.07) is 10.4. The van der Waals surface area contributed by atoms with Gasteiger partial charge in [-0.3, -0.25) is 0 Å². The fraction of sp³-hybridized carbons (Fsp3) is 0.0667. The summed E-state index contributed by atoms with van der Waals surface area (Å²) < 4.78 is 31.8. The summed E-state index contributed by atoms with van der Waals surface area (Å²) in [7, 11) is 0. The van der Waals surface area contributed by atoms with Crippen LogP contribution in [0.3, 0.4) is 0 Å². The molecular formula is C15H10F2N2O. The zero-order valence-corrected chi connectivity index (χ0v) is 10.6. The first-order valence-electron chi connectivity index (χ1n) is 5.99. The predicted octanol–water partition coefficient (Wildman–Crippen LogP) is 3.99. The molecule has 0 amide bonds. The van der Waals surface area contributed by atoms with Gasteiger partial charge >= 0.3 is 0 Å². The Morgan fingerprint density at radius 3 is 2.10 bits per heavy atom. The molecule has 3 nitrogen and oxygen atoms in total. The van der Waals surface area contributed by atoms with Crippen LogP contribution in [0.15, 0.2) is 46.9 Å². The quantitative estimate of drug-likeness (QED) is 0.708. The van der Waals surface area contributed by atoms with Crippen molar-refractivity contribution >= 4 is 0 Å². The molecule has 0 radical (unpaired) electrons. The second kappa shape index (κ2) is 4.85. The maximum atomic E-state index is 13.5. The fourth-order valence-corrected chi connectivity index (χ4v) is 1.77. The van der Waals surface area contributed by atoms with Crippen LogP contribution in [0.1, 0.15) is 5.56 Å². The second-order valence-corrected chi connectivity index (χ2v) is 4.38. The molecule has 1 heterocycles. The van der Waals surface area contributed by atoms with E-state index in [4.69, 9.17) is 4.42 Å². The van der Waals surface area contributed by atoms with Gasteiger partial charge < -0.3 is 4.42 Å². The summed E-state index contributed by atoms with van der Waals surface area (Å²) in [6.07, 6.45) is 0. The van der Waals surface area contributed by atoms with Gasteiger partial charge in [-0.1, -0.05) is 6.07 Å². The topological polar surface area (TPSA) is 38.9 Å². The third kappa shape index (κ3) is 2.30. The Bertz CT molecular complexity index is 751. The van der Waals surface area contributed by atoms with E-state index in [1.807, 2.05) is 0 Å². The van der Waals surface area contributed by atoms with Crippen LogP contribution >= 0.6 is 0 Å². The largest absolute Gasteiger partial charge is 0.416 e. The molecule has 1 aromatic heterocycles. The summed E-state index contributed by atoms with van der Waals surface area (Å²) in [5.74, 6) is -0.178. The van der Waals surface area contributed by atoms with Gasteiger partial charge in [0.1, 0.15) is 11.6 Å². The van der Waals surface area contributed by atoms with Crippen LogP contribution in [0.25, 0.3) is 22.9 Å². The van der Waals surface area contributed by atoms with Crippen LogP contribution in [0, 0.1) is 18.6 Å². The lowest BCUT2D eigenvalue weighted by Crippen LogP contribution is -1.84. The van der Waals surface area contributed by atoms with E-state index in [0.29, 0.717) is 16.7 Å². The van der Waals surface area contributed by atoms with E-state index in [2.05, 4.69) is 10.2 Å². The van der Waals surface area contributed by atoms with Gasteiger partial charge in [-0.05, 0) is 48.9 Å². The van der Waals surface area contributed by atoms with Crippen molar-refractivity contribution in [1.82, 2.24) is 10.2 Å². The van der Waals surface area contributed by atoms with Gasteiger partial charge in [-0.25, -0.2) is 8.78 Å². The van der Waals surface area contributed by atoms with Crippen LogP contribution in [0.4, 0.5) is 8.78 Å². The van der Waals surface area contributed by atoms with Gasteiger partial charge in [0, 0.05) is 11.1 Å². The molecular weight excluding hydrogens is 262 g/mol. The molecule has 3 aromatic rings. The lowest BCUT2D eigenvalue weighted by atomic mass is 10.1. The molecule has 2 aromatic carbocycles. The third-order valence-corrected chi connectivity index (χ3v) is 2.93. The number of aryl methyl sites for hydroxylation is 1. The van der Waals surface area contributed by atoms with Crippen LogP contribution in [-0.2, 0) is 0 Å². The molecule has 5 heteroatoms. The number of hydrogen-bond acceptors (Lipinski definition) is 3. The van der Waals surface area contributed by atoms with E-state index < -0.39 is 0 Å². The predicted molar refractivity (Wildman–Crippen MR) is 69.8 cm³/mol. The zero-order valence-electron chi connectivity index (χ0n) is 10.6. The van der Waals surface area contributed by atoms with Crippen molar-refractivity contribution < 1.29 is 13.2 Å². The molecule has 3 rings (SSSR count). The Balaban J connectivity index is 1.97. The molecule has 0 spiro atoms. The van der Waals surface area contributed by atoms with Crippen molar-refractivity contribution in [3.63, 3.8) is 0 Å². The molecule has 0 unspecified atom stereocenters. The normalized spacial score (nSPS) is 10.8. The molecule has 0 atom stereocenters. The molecule has 0 aliphatic rings. The lowest BCUT2D eigenvalue weighted by Gasteiger charge is -1.98. The number of benzene rings is 2. The van der Waals surface area contributed by atoms with Gasteiger partial charge in [0.2, 0.25) is 11.8 Å². The van der Waals surface area contributed by atoms with Crippen molar-refractivity contribution in [2.45, 2.75) is 6.92 Å². The molecule has 0 aliphatic carbocycles. The summed E-state index contributed by atoms with van der Waals surface area (Å²) in [5, 5.41) is 7.76. The van der Waals surface area contributed by atoms with Crippen molar-refractivity contribution in [2.24, 2.45) is 0 Å². The fourth-order valence-electron chi connectivity index (χ4n) is 1.77. The highest BCUT2D eigenvalue weighted by atomic mass is 19.1. The highest BCUT2D eigenvalue weighted by molar-refractivity contribution is 5.58. The van der Waals surface area contributed by atoms with Crippen molar-refractivity contribution in [3.8, 4) is 22.9 Å². The molecule has 0 bridgehead atoms. The Morgan fingerprint density at radius 1 is 0.850 bits per heavy atom. The average Bonchev–Trinajstić information content (AvgIpc) is 2.92. The smallest absolute Gasteiger partial charge is 0.248 e. The number of halogens is 2. The molecule has 0 saturated carbocycles. The van der Waals surface area contributed by atoms with Crippen molar-refractivity contribution in [3.05, 3.63) is 59.7 Å². The van der Waals surface area contributed by atoms with Crippen LogP contribution < -0.4 is 0 Å². The van der Waals surface area contributed by atoms with Crippen molar-refractivity contribution in [2.75, 3.05) is 0 Å². The first-order chi connectivity index (χ1) is 9.63. The Kier molecular flexibility index (Phi) is 3.02. The van der Waals surface area contributed by atoms with E-state index in [0.717, 1.165) is 0 Å². The van der Waals surface area contributed by atoms with E-state index in [1.54, 1.807) is 31.2 Å². The third-order valence-electron chi connectivity index (χ3n) is 2.93. The van der Waals surface area contributed by atoms with Crippen LogP contribution in [-0.4, -0.2) is 10.2 Å². The van der Waals surface area contributed by atoms with Crippen LogP contribution in [0.5, 0.6) is 0 Å². The minimum atomic E-state index is -0.339. The minimum absolute atomic E-state index is 0.225. The van der Waals surface area contributed by atoms with Gasteiger partial charge in [-0.2, -0.15) is 0 Å². The minimum Gasteiger partial charge on any atom is -0.416 e. The van der Waals surface area contributed by atoms with Crippen LogP contribution in [0.2, 0.25) is 0 Å². The first-order valence-corrected chi connectivity index (χ1v) is 5.99. The van der Waals surface area contributed by atoms with E-state index in [9.17, 15) is 8.78 Å². The summed E-state index contributed by atoms with van der Waals surface area (Å²) >= 11 is 0. The average molecular weight is 272 g/mol. The molecule has 0 fully saturated rings. The first kappa shape index (κ1) is 12.5. The zero-order chi connectivity index (χ0) is 14.1. The standard InChI is InChI=1S/C15H10F2N2O/c1-9-2-3-11(8-13(9)17)15-19-18-14(20-15)10-4-6-12(16)7-5-10/h2-8H,1H3. The maximum Gasteiger partial charge on any atom is 0.248 e. The Labute approximate surface area is 113 Å². The van der Waals surface area contributed by atoms with Crippen molar-refractivity contribution in [1.29, 1.82) is 0 Å². The second-order valence-electron chi connectivity index (χ2n) is 4.38. The van der Waals surface area contributed by atoms with Gasteiger partial charge in [0.25, 0.3) is 0 Å². The number of nitrogens with zero attached hydrogens (tertiary/aromatic N) is 2. The highest BCUT2D eigenvalue weighted by Crippen LogP contribution is 2.25. The number of hydrogen-bond donors (Lipinski definition) is 0. The van der Waals surface area contributed by atoms with Gasteiger partial charge in [-0.15, -0.1) is 10.2 Å². The molecule has 0 N–H and O–H groups in total. The Hall–Kier alpha value is -2.56. The van der Waals surface area contributed by atoms with Gasteiger partial charge in [0.05, 0.1) is 0 Å². The summed E-state index contributed by atoms with van der Waals surface area (Å²) in [5.41, 5.74) is 1.67. The Morgan fingerprint density at radius 2 is 1.45 bits per heavy atom. The molecule has 0 aliphatic heterocycles. The summed E-state index contributed by atoms with van der Waals surface area (Å²) in [4.78, 5) is 0. The SMILES string of the molecule is Cc1ccc(-c2nnc(-c3ccc(F)cc3)o2)cc1F. The highest BCUT2D eigenvalue weighted by Gasteiger charge is 2.11. The maximum absolute atomic E-state index is 13.5. The lowest BCUT2D eigenvalue weighted by molar-refractivity contribution is 0.580. The number of aromatic nitrogens is 2. The van der Waals surface area contributed by atoms with E-state index in [-0.39, 0.29) is 23.4 Å². The van der Waals surface area contributed by atoms with Gasteiger partial charge in [0.15, 0.2) is 0 Å². The monoisotopic (exact) mass is 272 g/mol.